The molecular formula is C19H17ClN2O4S. The van der Waals surface area contributed by atoms with Gasteiger partial charge < -0.3 is 14.2 Å². The number of methoxy groups -OCH3 is 3. The lowest BCUT2D eigenvalue weighted by atomic mass is 10.2. The molecule has 6 nitrogen and oxygen atoms in total. The first-order chi connectivity index (χ1) is 13.1. The fraction of sp³-hybridized carbons (Fsp3) is 0.158. The third-order valence-electron chi connectivity index (χ3n) is 3.85. The van der Waals surface area contributed by atoms with Crippen LogP contribution in [0.5, 0.6) is 17.2 Å². The second-order valence-electron chi connectivity index (χ2n) is 5.36. The number of ether oxygens (including phenoxy) is 3. The molecule has 0 radical (unpaired) electrons. The molecular weight excluding hydrogens is 388 g/mol. The summed E-state index contributed by atoms with van der Waals surface area (Å²) in [5.74, 6) is 1.06. The van der Waals surface area contributed by atoms with Gasteiger partial charge in [0, 0.05) is 15.6 Å². The summed E-state index contributed by atoms with van der Waals surface area (Å²) in [7, 11) is 4.58. The number of benzene rings is 2. The van der Waals surface area contributed by atoms with Crippen molar-refractivity contribution in [3.05, 3.63) is 51.9 Å². The Bertz CT molecular complexity index is 1020. The highest BCUT2D eigenvalue weighted by molar-refractivity contribution is 7.21. The molecule has 0 aliphatic carbocycles. The first-order valence-corrected chi connectivity index (χ1v) is 9.09. The number of carbonyl (C=O) groups is 1. The van der Waals surface area contributed by atoms with Crippen LogP contribution in [0.4, 0.5) is 0 Å². The number of carbonyl (C=O) groups excluding carboxylic acids is 1. The maximum Gasteiger partial charge on any atom is 0.283 e. The van der Waals surface area contributed by atoms with Gasteiger partial charge >= 0.3 is 0 Å². The molecule has 0 atom stereocenters. The molecule has 0 spiro atoms. The van der Waals surface area contributed by atoms with Crippen LogP contribution in [0.15, 0.2) is 41.5 Å². The largest absolute Gasteiger partial charge is 0.493 e. The van der Waals surface area contributed by atoms with Crippen LogP contribution in [0.2, 0.25) is 5.02 Å². The van der Waals surface area contributed by atoms with Gasteiger partial charge in [-0.2, -0.15) is 5.10 Å². The number of nitrogens with zero attached hydrogens (tertiary/aromatic N) is 1. The molecule has 0 unspecified atom stereocenters. The highest BCUT2D eigenvalue weighted by Crippen LogP contribution is 2.39. The van der Waals surface area contributed by atoms with Gasteiger partial charge in [0.1, 0.15) is 4.88 Å². The van der Waals surface area contributed by atoms with Crippen molar-refractivity contribution in [2.75, 3.05) is 21.3 Å². The van der Waals surface area contributed by atoms with Crippen LogP contribution in [0, 0.1) is 0 Å². The minimum atomic E-state index is -0.378. The van der Waals surface area contributed by atoms with E-state index in [-0.39, 0.29) is 5.91 Å². The number of rotatable bonds is 6. The predicted octanol–water partition coefficient (Wildman–Crippen LogP) is 4.34. The molecule has 27 heavy (non-hydrogen) atoms. The van der Waals surface area contributed by atoms with Gasteiger partial charge in [0.25, 0.3) is 5.91 Å². The van der Waals surface area contributed by atoms with Crippen molar-refractivity contribution in [2.24, 2.45) is 5.10 Å². The fourth-order valence-corrected chi connectivity index (χ4v) is 4.00. The molecule has 0 saturated heterocycles. The summed E-state index contributed by atoms with van der Waals surface area (Å²) < 4.78 is 16.9. The normalized spacial score (nSPS) is 11.0. The molecule has 3 aromatic rings. The predicted molar refractivity (Wildman–Crippen MR) is 108 cm³/mol. The number of fused-ring (bicyclic) bond motifs is 1. The zero-order valence-corrected chi connectivity index (χ0v) is 16.5. The van der Waals surface area contributed by atoms with Gasteiger partial charge in [-0.15, -0.1) is 11.3 Å². The number of amides is 1. The number of nitrogens with one attached hydrogen (secondary N) is 1. The molecule has 0 saturated carbocycles. The summed E-state index contributed by atoms with van der Waals surface area (Å²) in [6.45, 7) is 0. The zero-order chi connectivity index (χ0) is 19.4. The van der Waals surface area contributed by atoms with Crippen LogP contribution in [-0.2, 0) is 0 Å². The van der Waals surface area contributed by atoms with Crippen LogP contribution in [-0.4, -0.2) is 33.5 Å². The number of halogens is 1. The van der Waals surface area contributed by atoms with Crippen LogP contribution in [0.1, 0.15) is 15.2 Å². The summed E-state index contributed by atoms with van der Waals surface area (Å²) >= 11 is 7.63. The van der Waals surface area contributed by atoms with E-state index in [0.29, 0.717) is 32.7 Å². The minimum Gasteiger partial charge on any atom is -0.493 e. The summed E-state index contributed by atoms with van der Waals surface area (Å²) in [4.78, 5) is 12.8. The Kier molecular flexibility index (Phi) is 5.83. The summed E-state index contributed by atoms with van der Waals surface area (Å²) in [5.41, 5.74) is 3.12. The topological polar surface area (TPSA) is 69.2 Å². The van der Waals surface area contributed by atoms with Crippen molar-refractivity contribution >= 4 is 45.1 Å². The average Bonchev–Trinajstić information content (AvgIpc) is 3.04. The molecule has 1 aromatic heterocycles. The number of hydrogen-bond acceptors (Lipinski definition) is 6. The third kappa shape index (κ3) is 3.70. The van der Waals surface area contributed by atoms with Crippen molar-refractivity contribution < 1.29 is 19.0 Å². The number of hydrogen-bond donors (Lipinski definition) is 1. The van der Waals surface area contributed by atoms with Crippen molar-refractivity contribution in [1.82, 2.24) is 5.43 Å². The van der Waals surface area contributed by atoms with Gasteiger partial charge in [0.15, 0.2) is 11.5 Å². The standard InChI is InChI=1S/C19H17ClN2O4S/c1-24-13-9-8-11(16(25-2)17(13)26-3)10-21-22-19(23)18-15(20)12-6-4-5-7-14(12)27-18/h4-10H,1-3H3,(H,22,23)/b21-10-. The Hall–Kier alpha value is -2.77. The van der Waals surface area contributed by atoms with E-state index >= 15 is 0 Å². The summed E-state index contributed by atoms with van der Waals surface area (Å²) in [5, 5.41) is 5.29. The first-order valence-electron chi connectivity index (χ1n) is 7.90. The van der Waals surface area contributed by atoms with Crippen LogP contribution in [0.3, 0.4) is 0 Å². The second kappa shape index (κ2) is 8.28. The molecule has 2 aromatic carbocycles. The Morgan fingerprint density at radius 3 is 2.48 bits per heavy atom. The van der Waals surface area contributed by atoms with Gasteiger partial charge in [-0.05, 0) is 18.2 Å². The lowest BCUT2D eigenvalue weighted by molar-refractivity contribution is 0.0959. The van der Waals surface area contributed by atoms with E-state index < -0.39 is 0 Å². The monoisotopic (exact) mass is 404 g/mol. The van der Waals surface area contributed by atoms with E-state index in [1.807, 2.05) is 24.3 Å². The zero-order valence-electron chi connectivity index (χ0n) is 14.9. The van der Waals surface area contributed by atoms with Gasteiger partial charge in [0.05, 0.1) is 32.6 Å². The van der Waals surface area contributed by atoms with E-state index in [9.17, 15) is 4.79 Å². The highest BCUT2D eigenvalue weighted by Gasteiger charge is 2.17. The molecule has 140 valence electrons. The molecule has 8 heteroatoms. The quantitative estimate of drug-likeness (QED) is 0.490. The molecule has 0 fully saturated rings. The maximum atomic E-state index is 12.4. The fourth-order valence-electron chi connectivity index (χ4n) is 2.60. The van der Waals surface area contributed by atoms with Crippen molar-refractivity contribution in [1.29, 1.82) is 0 Å². The molecule has 0 aliphatic rings. The smallest absolute Gasteiger partial charge is 0.283 e. The van der Waals surface area contributed by atoms with Gasteiger partial charge in [-0.3, -0.25) is 4.79 Å². The first kappa shape index (κ1) is 19.0. The van der Waals surface area contributed by atoms with Gasteiger partial charge in [0.2, 0.25) is 5.75 Å². The van der Waals surface area contributed by atoms with Crippen molar-refractivity contribution in [3.63, 3.8) is 0 Å². The van der Waals surface area contributed by atoms with Gasteiger partial charge in [-0.25, -0.2) is 5.43 Å². The van der Waals surface area contributed by atoms with Crippen LogP contribution >= 0.6 is 22.9 Å². The minimum absolute atomic E-state index is 0.378. The van der Waals surface area contributed by atoms with E-state index in [0.717, 1.165) is 10.1 Å². The number of hydrazone groups is 1. The summed E-state index contributed by atoms with van der Waals surface area (Å²) in [6.07, 6.45) is 1.47. The molecule has 0 bridgehead atoms. The Labute approximate surface area is 165 Å². The highest BCUT2D eigenvalue weighted by atomic mass is 35.5. The van der Waals surface area contributed by atoms with E-state index in [1.54, 1.807) is 19.2 Å². The Morgan fingerprint density at radius 2 is 1.81 bits per heavy atom. The molecule has 3 rings (SSSR count). The molecule has 1 amide bonds. The molecule has 1 N–H and O–H groups in total. The third-order valence-corrected chi connectivity index (χ3v) is 5.52. The molecule has 1 heterocycles. The summed E-state index contributed by atoms with van der Waals surface area (Å²) in [6, 6.07) is 11.1. The Balaban J connectivity index is 1.82. The maximum absolute atomic E-state index is 12.4. The second-order valence-corrected chi connectivity index (χ2v) is 6.79. The molecule has 0 aliphatic heterocycles. The van der Waals surface area contributed by atoms with Crippen LogP contribution in [0.25, 0.3) is 10.1 Å². The lowest BCUT2D eigenvalue weighted by Gasteiger charge is -2.13. The van der Waals surface area contributed by atoms with Crippen molar-refractivity contribution in [2.45, 2.75) is 0 Å². The van der Waals surface area contributed by atoms with Gasteiger partial charge in [-0.1, -0.05) is 29.8 Å². The van der Waals surface area contributed by atoms with Crippen LogP contribution < -0.4 is 19.6 Å². The van der Waals surface area contributed by atoms with E-state index in [4.69, 9.17) is 25.8 Å². The van der Waals surface area contributed by atoms with E-state index in [1.165, 1.54) is 31.8 Å². The SMILES string of the molecule is COc1ccc(/C=N\NC(=O)c2sc3ccccc3c2Cl)c(OC)c1OC. The van der Waals surface area contributed by atoms with Crippen molar-refractivity contribution in [3.8, 4) is 17.2 Å². The Morgan fingerprint density at radius 1 is 1.07 bits per heavy atom. The van der Waals surface area contributed by atoms with E-state index in [2.05, 4.69) is 10.5 Å². The number of thiophene rings is 1. The lowest BCUT2D eigenvalue weighted by Crippen LogP contribution is -2.16. The average molecular weight is 405 g/mol.